The predicted molar refractivity (Wildman–Crippen MR) is 47.1 cm³/mol. The highest BCUT2D eigenvalue weighted by Gasteiger charge is 2.45. The van der Waals surface area contributed by atoms with Gasteiger partial charge in [-0.15, -0.1) is 0 Å². The van der Waals surface area contributed by atoms with E-state index in [4.69, 9.17) is 9.47 Å². The lowest BCUT2D eigenvalue weighted by Gasteiger charge is -2.18. The van der Waals surface area contributed by atoms with Crippen LogP contribution < -0.4 is 0 Å². The summed E-state index contributed by atoms with van der Waals surface area (Å²) in [5.74, 6) is 1.08. The molecule has 0 unspecified atom stereocenters. The van der Waals surface area contributed by atoms with Gasteiger partial charge in [0.1, 0.15) is 12.2 Å². The number of hydrogen-bond donors (Lipinski definition) is 0. The van der Waals surface area contributed by atoms with Crippen LogP contribution in [0.3, 0.4) is 0 Å². The molecule has 2 saturated carbocycles. The summed E-state index contributed by atoms with van der Waals surface area (Å²) in [6, 6.07) is 0. The maximum atomic E-state index is 11.1. The topological polar surface area (TPSA) is 61.8 Å². The van der Waals surface area contributed by atoms with E-state index < -0.39 is 12.3 Å². The van der Waals surface area contributed by atoms with Gasteiger partial charge < -0.3 is 14.2 Å². The Kier molecular flexibility index (Phi) is 1.87. The Morgan fingerprint density at radius 1 is 0.800 bits per heavy atom. The second-order valence-electron chi connectivity index (χ2n) is 4.54. The fraction of sp³-hybridized carbons (Fsp3) is 0.800. The third-order valence-corrected chi connectivity index (χ3v) is 3.62. The lowest BCUT2D eigenvalue weighted by Crippen LogP contribution is -2.26. The molecule has 2 saturated heterocycles. The summed E-state index contributed by atoms with van der Waals surface area (Å²) in [5.41, 5.74) is 0. The van der Waals surface area contributed by atoms with E-state index in [0.29, 0.717) is 11.8 Å². The fourth-order valence-electron chi connectivity index (χ4n) is 3.09. The molecule has 0 N–H and O–H groups in total. The van der Waals surface area contributed by atoms with Crippen molar-refractivity contribution in [1.82, 2.24) is 0 Å². The van der Waals surface area contributed by atoms with Crippen molar-refractivity contribution < 1.29 is 23.8 Å². The Labute approximate surface area is 86.7 Å². The van der Waals surface area contributed by atoms with Gasteiger partial charge in [0.05, 0.1) is 0 Å². The van der Waals surface area contributed by atoms with Gasteiger partial charge in [0.2, 0.25) is 0 Å². The van der Waals surface area contributed by atoms with Crippen molar-refractivity contribution in [2.24, 2.45) is 11.8 Å². The number of carbonyl (C=O) groups is 2. The lowest BCUT2D eigenvalue weighted by atomic mass is 10.0. The Bertz CT molecular complexity index is 271. The van der Waals surface area contributed by atoms with Gasteiger partial charge in [-0.2, -0.15) is 0 Å². The molecule has 0 radical (unpaired) electrons. The van der Waals surface area contributed by atoms with Crippen molar-refractivity contribution in [3.05, 3.63) is 0 Å². The average molecular weight is 212 g/mol. The third-order valence-electron chi connectivity index (χ3n) is 3.62. The van der Waals surface area contributed by atoms with Gasteiger partial charge in [-0.25, -0.2) is 9.59 Å². The first-order chi connectivity index (χ1) is 7.20. The first kappa shape index (κ1) is 9.00. The normalized spacial score (nSPS) is 43.5. The van der Waals surface area contributed by atoms with Crippen LogP contribution in [0.15, 0.2) is 0 Å². The summed E-state index contributed by atoms with van der Waals surface area (Å²) < 4.78 is 14.4. The smallest absolute Gasteiger partial charge is 0.431 e. The van der Waals surface area contributed by atoms with E-state index in [0.717, 1.165) is 25.7 Å². The molecular weight excluding hydrogens is 200 g/mol. The van der Waals surface area contributed by atoms with Crippen LogP contribution in [0.1, 0.15) is 25.7 Å². The summed E-state index contributed by atoms with van der Waals surface area (Å²) in [4.78, 5) is 22.2. The predicted octanol–water partition coefficient (Wildman–Crippen LogP) is 1.85. The van der Waals surface area contributed by atoms with Crippen LogP contribution in [0.5, 0.6) is 0 Å². The van der Waals surface area contributed by atoms with E-state index >= 15 is 0 Å². The minimum Gasteiger partial charge on any atom is -0.431 e. The molecule has 5 nitrogen and oxygen atoms in total. The molecule has 0 aromatic heterocycles. The van der Waals surface area contributed by atoms with Crippen molar-refractivity contribution in [2.45, 2.75) is 37.9 Å². The van der Waals surface area contributed by atoms with Crippen molar-refractivity contribution in [3.8, 4) is 0 Å². The number of hydrogen-bond acceptors (Lipinski definition) is 5. The van der Waals surface area contributed by atoms with E-state index in [-0.39, 0.29) is 12.2 Å². The Morgan fingerprint density at radius 3 is 1.60 bits per heavy atom. The molecule has 0 amide bonds. The van der Waals surface area contributed by atoms with E-state index in [1.165, 1.54) is 0 Å². The summed E-state index contributed by atoms with van der Waals surface area (Å²) >= 11 is 0. The number of rotatable bonds is 0. The molecule has 4 aliphatic rings. The minimum atomic E-state index is -0.924. The van der Waals surface area contributed by atoms with Crippen molar-refractivity contribution in [2.75, 3.05) is 0 Å². The van der Waals surface area contributed by atoms with Gasteiger partial charge >= 0.3 is 12.3 Å². The first-order valence-corrected chi connectivity index (χ1v) is 5.30. The number of carbonyl (C=O) groups excluding carboxylic acids is 2. The Hall–Kier alpha value is -1.26. The SMILES string of the molecule is O=C1OC(=O)OC2CC3CC(CC3C2)O1. The standard InChI is InChI=1S/C10H12O5/c11-9-13-7-1-5-2-8(4-6(5)3-7)14-10(12)15-9/h5-8H,1-4H2. The van der Waals surface area contributed by atoms with E-state index in [2.05, 4.69) is 4.74 Å². The molecule has 2 heterocycles. The summed E-state index contributed by atoms with van der Waals surface area (Å²) in [6.45, 7) is 0. The zero-order chi connectivity index (χ0) is 10.4. The monoisotopic (exact) mass is 212 g/mol. The van der Waals surface area contributed by atoms with Crippen LogP contribution in [-0.2, 0) is 14.2 Å². The highest BCUT2D eigenvalue weighted by Crippen LogP contribution is 2.46. The number of ether oxygens (including phenoxy) is 3. The molecule has 0 aromatic carbocycles. The van der Waals surface area contributed by atoms with Crippen LogP contribution in [-0.4, -0.2) is 24.5 Å². The van der Waals surface area contributed by atoms with E-state index in [1.807, 2.05) is 0 Å². The van der Waals surface area contributed by atoms with Crippen LogP contribution in [0.25, 0.3) is 0 Å². The maximum Gasteiger partial charge on any atom is 0.518 e. The van der Waals surface area contributed by atoms with Crippen LogP contribution in [0.4, 0.5) is 9.59 Å². The zero-order valence-corrected chi connectivity index (χ0v) is 8.18. The van der Waals surface area contributed by atoms with Gasteiger partial charge in [0.15, 0.2) is 0 Å². The summed E-state index contributed by atoms with van der Waals surface area (Å²) in [5, 5.41) is 0. The van der Waals surface area contributed by atoms with Crippen LogP contribution >= 0.6 is 0 Å². The van der Waals surface area contributed by atoms with E-state index in [9.17, 15) is 9.59 Å². The quantitative estimate of drug-likeness (QED) is 0.453. The Balaban J connectivity index is 1.81. The molecule has 4 fully saturated rings. The zero-order valence-electron chi connectivity index (χ0n) is 8.18. The molecule has 0 aromatic rings. The number of fused-ring (bicyclic) bond motifs is 4. The molecule has 4 bridgehead atoms. The second kappa shape index (κ2) is 3.12. The second-order valence-corrected chi connectivity index (χ2v) is 4.54. The average Bonchev–Trinajstić information content (AvgIpc) is 2.59. The van der Waals surface area contributed by atoms with Gasteiger partial charge in [0.25, 0.3) is 0 Å². The molecule has 5 heteroatoms. The molecule has 2 aliphatic heterocycles. The minimum absolute atomic E-state index is 0.0700. The lowest BCUT2D eigenvalue weighted by molar-refractivity contribution is -0.00989. The summed E-state index contributed by atoms with van der Waals surface area (Å²) in [7, 11) is 0. The van der Waals surface area contributed by atoms with E-state index in [1.54, 1.807) is 0 Å². The molecule has 0 spiro atoms. The molecule has 4 rings (SSSR count). The molecule has 15 heavy (non-hydrogen) atoms. The highest BCUT2D eigenvalue weighted by molar-refractivity contribution is 5.77. The Morgan fingerprint density at radius 2 is 1.20 bits per heavy atom. The largest absolute Gasteiger partial charge is 0.518 e. The van der Waals surface area contributed by atoms with Gasteiger partial charge in [-0.3, -0.25) is 0 Å². The van der Waals surface area contributed by atoms with Gasteiger partial charge in [0, 0.05) is 0 Å². The van der Waals surface area contributed by atoms with Gasteiger partial charge in [-0.05, 0) is 37.5 Å². The highest BCUT2D eigenvalue weighted by atomic mass is 16.8. The summed E-state index contributed by atoms with van der Waals surface area (Å²) in [6.07, 6.45) is 1.54. The molecule has 0 atom stereocenters. The van der Waals surface area contributed by atoms with Crippen molar-refractivity contribution >= 4 is 12.3 Å². The van der Waals surface area contributed by atoms with Crippen LogP contribution in [0.2, 0.25) is 0 Å². The molecule has 2 aliphatic carbocycles. The third kappa shape index (κ3) is 1.56. The first-order valence-electron chi connectivity index (χ1n) is 5.30. The van der Waals surface area contributed by atoms with Gasteiger partial charge in [-0.1, -0.05) is 0 Å². The van der Waals surface area contributed by atoms with Crippen LogP contribution in [0, 0.1) is 11.8 Å². The maximum absolute atomic E-state index is 11.1. The molecular formula is C10H12O5. The van der Waals surface area contributed by atoms with Crippen molar-refractivity contribution in [3.63, 3.8) is 0 Å². The van der Waals surface area contributed by atoms with Crippen molar-refractivity contribution in [1.29, 1.82) is 0 Å². The molecule has 82 valence electrons. The fourth-order valence-corrected chi connectivity index (χ4v) is 3.09.